The third kappa shape index (κ3) is 3.07. The third-order valence-electron chi connectivity index (χ3n) is 3.31. The van der Waals surface area contributed by atoms with Crippen molar-refractivity contribution in [2.45, 2.75) is 32.2 Å². The fourth-order valence-electron chi connectivity index (χ4n) is 2.09. The molecule has 1 aliphatic heterocycles. The lowest BCUT2D eigenvalue weighted by Gasteiger charge is -2.32. The monoisotopic (exact) mass is 255 g/mol. The highest BCUT2D eigenvalue weighted by Gasteiger charge is 2.20. The smallest absolute Gasteiger partial charge is 0.220 e. The number of piperidine rings is 1. The van der Waals surface area contributed by atoms with Crippen molar-refractivity contribution in [3.8, 4) is 5.88 Å². The molecule has 0 N–H and O–H groups in total. The van der Waals surface area contributed by atoms with Crippen LogP contribution in [0.1, 0.15) is 24.8 Å². The molecular weight excluding hydrogens is 238 g/mol. The normalized spacial score (nSPS) is 21.5. The SMILES string of the molecule is Cc1c(Cl)ncnc1OCC1CCCCN1C. The molecule has 1 unspecified atom stereocenters. The van der Waals surface area contributed by atoms with Crippen molar-refractivity contribution >= 4 is 11.6 Å². The van der Waals surface area contributed by atoms with Gasteiger partial charge in [0.1, 0.15) is 18.1 Å². The number of nitrogens with zero attached hydrogens (tertiary/aromatic N) is 3. The van der Waals surface area contributed by atoms with E-state index < -0.39 is 0 Å². The van der Waals surface area contributed by atoms with Gasteiger partial charge in [0.25, 0.3) is 0 Å². The molecule has 17 heavy (non-hydrogen) atoms. The van der Waals surface area contributed by atoms with Crippen LogP contribution < -0.4 is 4.74 Å². The first-order valence-electron chi connectivity index (χ1n) is 5.98. The number of aromatic nitrogens is 2. The van der Waals surface area contributed by atoms with Crippen LogP contribution in [0.25, 0.3) is 0 Å². The number of hydrogen-bond donors (Lipinski definition) is 0. The average molecular weight is 256 g/mol. The summed E-state index contributed by atoms with van der Waals surface area (Å²) in [5.74, 6) is 0.601. The van der Waals surface area contributed by atoms with Crippen molar-refractivity contribution in [1.82, 2.24) is 14.9 Å². The van der Waals surface area contributed by atoms with Gasteiger partial charge in [-0.1, -0.05) is 18.0 Å². The molecule has 1 aromatic heterocycles. The Hall–Kier alpha value is -0.870. The van der Waals surface area contributed by atoms with Crippen molar-refractivity contribution in [3.05, 3.63) is 17.0 Å². The van der Waals surface area contributed by atoms with Gasteiger partial charge in [0, 0.05) is 11.6 Å². The zero-order valence-corrected chi connectivity index (χ0v) is 11.1. The number of ether oxygens (including phenoxy) is 1. The van der Waals surface area contributed by atoms with Crippen molar-refractivity contribution in [3.63, 3.8) is 0 Å². The van der Waals surface area contributed by atoms with Gasteiger partial charge in [-0.3, -0.25) is 0 Å². The van der Waals surface area contributed by atoms with Crippen molar-refractivity contribution in [2.75, 3.05) is 20.2 Å². The molecule has 0 bridgehead atoms. The van der Waals surface area contributed by atoms with Crippen LogP contribution in [0.3, 0.4) is 0 Å². The van der Waals surface area contributed by atoms with Crippen LogP contribution in [0, 0.1) is 6.92 Å². The lowest BCUT2D eigenvalue weighted by atomic mass is 10.0. The maximum atomic E-state index is 5.92. The summed E-state index contributed by atoms with van der Waals surface area (Å²) in [6.45, 7) is 3.70. The first kappa shape index (κ1) is 12.6. The predicted octanol–water partition coefficient (Wildman–Crippen LogP) is 2.30. The highest BCUT2D eigenvalue weighted by Crippen LogP contribution is 2.21. The molecule has 1 fully saturated rings. The van der Waals surface area contributed by atoms with Crippen LogP contribution in [0.4, 0.5) is 0 Å². The van der Waals surface area contributed by atoms with Gasteiger partial charge in [-0.05, 0) is 33.4 Å². The minimum absolute atomic E-state index is 0.465. The Kier molecular flexibility index (Phi) is 4.18. The van der Waals surface area contributed by atoms with E-state index in [4.69, 9.17) is 16.3 Å². The summed E-state index contributed by atoms with van der Waals surface area (Å²) >= 11 is 5.92. The van der Waals surface area contributed by atoms with Crippen LogP contribution in [-0.4, -0.2) is 41.1 Å². The van der Waals surface area contributed by atoms with E-state index in [1.807, 2.05) is 6.92 Å². The molecule has 1 aliphatic rings. The lowest BCUT2D eigenvalue weighted by Crippen LogP contribution is -2.40. The summed E-state index contributed by atoms with van der Waals surface area (Å²) in [4.78, 5) is 10.4. The molecule has 1 saturated heterocycles. The first-order valence-corrected chi connectivity index (χ1v) is 6.36. The van der Waals surface area contributed by atoms with Gasteiger partial charge in [0.2, 0.25) is 5.88 Å². The molecule has 94 valence electrons. The van der Waals surface area contributed by atoms with Crippen LogP contribution >= 0.6 is 11.6 Å². The molecule has 0 aliphatic carbocycles. The second-order valence-electron chi connectivity index (χ2n) is 4.54. The van der Waals surface area contributed by atoms with Crippen molar-refractivity contribution < 1.29 is 4.74 Å². The highest BCUT2D eigenvalue weighted by molar-refractivity contribution is 6.30. The Bertz CT molecular complexity index is 386. The molecule has 4 nitrogen and oxygen atoms in total. The fourth-order valence-corrected chi connectivity index (χ4v) is 2.21. The number of halogens is 1. The third-order valence-corrected chi connectivity index (χ3v) is 3.69. The summed E-state index contributed by atoms with van der Waals surface area (Å²) in [5.41, 5.74) is 0.813. The van der Waals surface area contributed by atoms with Crippen molar-refractivity contribution in [2.24, 2.45) is 0 Å². The van der Waals surface area contributed by atoms with Gasteiger partial charge in [-0.15, -0.1) is 0 Å². The predicted molar refractivity (Wildman–Crippen MR) is 67.5 cm³/mol. The van der Waals surface area contributed by atoms with Gasteiger partial charge in [0.05, 0.1) is 0 Å². The molecule has 1 atom stereocenters. The van der Waals surface area contributed by atoms with Crippen LogP contribution in [0.5, 0.6) is 5.88 Å². The number of hydrogen-bond acceptors (Lipinski definition) is 4. The van der Waals surface area contributed by atoms with Crippen LogP contribution in [0.15, 0.2) is 6.33 Å². The minimum Gasteiger partial charge on any atom is -0.476 e. The molecular formula is C12H18ClN3O. The molecule has 0 amide bonds. The largest absolute Gasteiger partial charge is 0.476 e. The second-order valence-corrected chi connectivity index (χ2v) is 4.89. The van der Waals surface area contributed by atoms with E-state index in [0.29, 0.717) is 23.7 Å². The van der Waals surface area contributed by atoms with Crippen LogP contribution in [0.2, 0.25) is 5.15 Å². The maximum absolute atomic E-state index is 5.92. The van der Waals surface area contributed by atoms with E-state index in [0.717, 1.165) is 12.1 Å². The van der Waals surface area contributed by atoms with E-state index in [2.05, 4.69) is 21.9 Å². The number of likely N-dealkylation sites (N-methyl/N-ethyl adjacent to an activating group) is 1. The Labute approximate surface area is 107 Å². The maximum Gasteiger partial charge on any atom is 0.220 e. The first-order chi connectivity index (χ1) is 8.18. The van der Waals surface area contributed by atoms with Gasteiger partial charge < -0.3 is 9.64 Å². The molecule has 1 aromatic rings. The summed E-state index contributed by atoms with van der Waals surface area (Å²) in [6, 6.07) is 0.483. The Balaban J connectivity index is 1.95. The summed E-state index contributed by atoms with van der Waals surface area (Å²) in [7, 11) is 2.15. The zero-order chi connectivity index (χ0) is 12.3. The Morgan fingerprint density at radius 2 is 2.29 bits per heavy atom. The molecule has 5 heteroatoms. The fraction of sp³-hybridized carbons (Fsp3) is 0.667. The number of likely N-dealkylation sites (tertiary alicyclic amines) is 1. The molecule has 0 aromatic carbocycles. The molecule has 0 spiro atoms. The van der Waals surface area contributed by atoms with E-state index >= 15 is 0 Å². The van der Waals surface area contributed by atoms with Crippen molar-refractivity contribution in [1.29, 1.82) is 0 Å². The van der Waals surface area contributed by atoms with Gasteiger partial charge in [-0.2, -0.15) is 0 Å². The number of rotatable bonds is 3. The quantitative estimate of drug-likeness (QED) is 0.777. The van der Waals surface area contributed by atoms with Gasteiger partial charge >= 0.3 is 0 Å². The van der Waals surface area contributed by atoms with E-state index in [1.54, 1.807) is 0 Å². The Morgan fingerprint density at radius 1 is 1.47 bits per heavy atom. The summed E-state index contributed by atoms with van der Waals surface area (Å²) < 4.78 is 5.75. The van der Waals surface area contributed by atoms with Gasteiger partial charge in [0.15, 0.2) is 0 Å². The summed E-state index contributed by atoms with van der Waals surface area (Å²) in [6.07, 6.45) is 5.19. The lowest BCUT2D eigenvalue weighted by molar-refractivity contribution is 0.122. The molecule has 0 radical (unpaired) electrons. The second kappa shape index (κ2) is 5.65. The Morgan fingerprint density at radius 3 is 3.06 bits per heavy atom. The van der Waals surface area contributed by atoms with E-state index in [1.165, 1.54) is 25.6 Å². The van der Waals surface area contributed by atoms with E-state index in [9.17, 15) is 0 Å². The molecule has 2 rings (SSSR count). The highest BCUT2D eigenvalue weighted by atomic mass is 35.5. The van der Waals surface area contributed by atoms with Crippen LogP contribution in [-0.2, 0) is 0 Å². The molecule has 2 heterocycles. The topological polar surface area (TPSA) is 38.3 Å². The standard InChI is InChI=1S/C12H18ClN3O/c1-9-11(13)14-8-15-12(9)17-7-10-5-3-4-6-16(10)2/h8,10H,3-7H2,1-2H3. The molecule has 0 saturated carbocycles. The summed E-state index contributed by atoms with van der Waals surface area (Å²) in [5, 5.41) is 0.465. The van der Waals surface area contributed by atoms with Gasteiger partial charge in [-0.25, -0.2) is 9.97 Å². The average Bonchev–Trinajstić information content (AvgIpc) is 2.33. The zero-order valence-electron chi connectivity index (χ0n) is 10.3. The van der Waals surface area contributed by atoms with E-state index in [-0.39, 0.29) is 0 Å². The minimum atomic E-state index is 0.465.